The van der Waals surface area contributed by atoms with Crippen LogP contribution in [0, 0.1) is 0 Å². The van der Waals surface area contributed by atoms with Crippen molar-refractivity contribution in [3.8, 4) is 0 Å². The highest BCUT2D eigenvalue weighted by molar-refractivity contribution is 5.69. The minimum atomic E-state index is -0.281. The molecular weight excluding hydrogens is 316 g/mol. The number of hydrogen-bond donors (Lipinski definition) is 1. The molecule has 25 heavy (non-hydrogen) atoms. The fraction of sp³-hybridized carbons (Fsp3) is 0.810. The van der Waals surface area contributed by atoms with E-state index < -0.39 is 0 Å². The van der Waals surface area contributed by atoms with Crippen LogP contribution in [0.15, 0.2) is 12.7 Å². The molecule has 0 aromatic carbocycles. The van der Waals surface area contributed by atoms with Crippen LogP contribution in [0.2, 0.25) is 0 Å². The van der Waals surface area contributed by atoms with Gasteiger partial charge in [-0.05, 0) is 26.2 Å². The zero-order valence-corrected chi connectivity index (χ0v) is 17.1. The van der Waals surface area contributed by atoms with Crippen molar-refractivity contribution < 1.29 is 19.4 Å². The van der Waals surface area contributed by atoms with Gasteiger partial charge in [0.15, 0.2) is 0 Å². The third kappa shape index (κ3) is 35.0. The number of unbranched alkanes of at least 4 members (excludes halogenated alkanes) is 6. The van der Waals surface area contributed by atoms with Crippen LogP contribution in [0.1, 0.15) is 98.3 Å². The maximum Gasteiger partial charge on any atom is 0.305 e. The van der Waals surface area contributed by atoms with E-state index in [2.05, 4.69) is 27.4 Å². The van der Waals surface area contributed by atoms with Gasteiger partial charge in [0, 0.05) is 12.8 Å². The van der Waals surface area contributed by atoms with Crippen LogP contribution < -0.4 is 0 Å². The van der Waals surface area contributed by atoms with Crippen molar-refractivity contribution in [2.75, 3.05) is 6.61 Å². The summed E-state index contributed by atoms with van der Waals surface area (Å²) in [6, 6.07) is 0. The molecule has 4 nitrogen and oxygen atoms in total. The van der Waals surface area contributed by atoms with E-state index in [1.165, 1.54) is 12.8 Å². The fourth-order valence-corrected chi connectivity index (χ4v) is 1.76. The molecule has 0 radical (unpaired) electrons. The number of carbonyl (C=O) groups is 2. The number of esters is 1. The Morgan fingerprint density at radius 1 is 1.00 bits per heavy atom. The number of carbonyl (C=O) groups excluding carboxylic acids is 2. The maximum atomic E-state index is 10.7. The van der Waals surface area contributed by atoms with Gasteiger partial charge in [-0.3, -0.25) is 4.79 Å². The number of rotatable bonds is 13. The van der Waals surface area contributed by atoms with Crippen molar-refractivity contribution in [1.29, 1.82) is 0 Å². The summed E-state index contributed by atoms with van der Waals surface area (Å²) >= 11 is 0. The monoisotopic (exact) mass is 358 g/mol. The molecule has 0 aromatic rings. The average molecular weight is 359 g/mol. The molecule has 1 atom stereocenters. The first-order valence-corrected chi connectivity index (χ1v) is 9.93. The molecule has 1 N–H and O–H groups in total. The van der Waals surface area contributed by atoms with Crippen molar-refractivity contribution in [1.82, 2.24) is 0 Å². The highest BCUT2D eigenvalue weighted by atomic mass is 16.5. The third-order valence-electron chi connectivity index (χ3n) is 3.34. The van der Waals surface area contributed by atoms with Gasteiger partial charge in [-0.15, -0.1) is 6.58 Å². The first kappa shape index (κ1) is 28.6. The van der Waals surface area contributed by atoms with Gasteiger partial charge in [0.05, 0.1) is 12.7 Å². The van der Waals surface area contributed by atoms with Crippen LogP contribution >= 0.6 is 0 Å². The largest absolute Gasteiger partial charge is 0.466 e. The molecule has 0 bridgehead atoms. The standard InChI is InChI=1S/C8H16O2.C8H16O.C5H10O/c1-3-5-6-7-8(9)10-4-2;1-3-5-6-7-8(9)4-2;1-2-3-4-5-6/h3-7H2,1-2H3;4,8-9H,2-3,5-7H2,1H3;5H,2-4H2,1H3. The zero-order valence-electron chi connectivity index (χ0n) is 17.1. The second-order valence-electron chi connectivity index (χ2n) is 5.87. The van der Waals surface area contributed by atoms with E-state index in [0.717, 1.165) is 57.7 Å². The van der Waals surface area contributed by atoms with Gasteiger partial charge in [0.2, 0.25) is 0 Å². The molecule has 0 amide bonds. The SMILES string of the molecule is C=CC(O)CCCCC.CCCCC=O.CCCCCC(=O)OCC. The minimum absolute atomic E-state index is 0.0593. The maximum absolute atomic E-state index is 10.7. The predicted molar refractivity (Wildman–Crippen MR) is 107 cm³/mol. The molecule has 0 aliphatic rings. The van der Waals surface area contributed by atoms with Crippen molar-refractivity contribution in [3.05, 3.63) is 12.7 Å². The molecule has 0 spiro atoms. The summed E-state index contributed by atoms with van der Waals surface area (Å²) in [5.41, 5.74) is 0. The van der Waals surface area contributed by atoms with Crippen LogP contribution in [0.4, 0.5) is 0 Å². The summed E-state index contributed by atoms with van der Waals surface area (Å²) in [4.78, 5) is 20.3. The number of ether oxygens (including phenoxy) is 1. The van der Waals surface area contributed by atoms with E-state index >= 15 is 0 Å². The van der Waals surface area contributed by atoms with Crippen LogP contribution in [0.5, 0.6) is 0 Å². The Kier molecular flexibility index (Phi) is 31.7. The molecule has 0 fully saturated rings. The van der Waals surface area contributed by atoms with Gasteiger partial charge in [-0.2, -0.15) is 0 Å². The molecule has 0 saturated heterocycles. The van der Waals surface area contributed by atoms with Crippen molar-refractivity contribution in [3.63, 3.8) is 0 Å². The van der Waals surface area contributed by atoms with E-state index in [1.807, 2.05) is 6.92 Å². The number of aliphatic hydroxyl groups excluding tert-OH is 1. The second kappa shape index (κ2) is 27.7. The second-order valence-corrected chi connectivity index (χ2v) is 5.87. The summed E-state index contributed by atoms with van der Waals surface area (Å²) in [7, 11) is 0. The van der Waals surface area contributed by atoms with E-state index in [4.69, 9.17) is 9.84 Å². The van der Waals surface area contributed by atoms with Crippen LogP contribution in [0.3, 0.4) is 0 Å². The Morgan fingerprint density at radius 2 is 1.56 bits per heavy atom. The molecule has 150 valence electrons. The summed E-state index contributed by atoms with van der Waals surface area (Å²) in [6.07, 6.45) is 13.4. The highest BCUT2D eigenvalue weighted by Gasteiger charge is 1.98. The molecule has 0 saturated carbocycles. The van der Waals surface area contributed by atoms with Gasteiger partial charge < -0.3 is 14.6 Å². The zero-order chi connectivity index (χ0) is 19.8. The lowest BCUT2D eigenvalue weighted by Gasteiger charge is -2.01. The van der Waals surface area contributed by atoms with Crippen LogP contribution in [0.25, 0.3) is 0 Å². The summed E-state index contributed by atoms with van der Waals surface area (Å²) in [5.74, 6) is -0.0593. The topological polar surface area (TPSA) is 63.6 Å². The number of aldehydes is 1. The molecule has 0 rings (SSSR count). The highest BCUT2D eigenvalue weighted by Crippen LogP contribution is 2.02. The lowest BCUT2D eigenvalue weighted by Crippen LogP contribution is -2.02. The molecule has 0 heterocycles. The molecule has 1 unspecified atom stereocenters. The van der Waals surface area contributed by atoms with Gasteiger partial charge in [0.1, 0.15) is 6.29 Å². The first-order chi connectivity index (χ1) is 12.0. The lowest BCUT2D eigenvalue weighted by molar-refractivity contribution is -0.143. The van der Waals surface area contributed by atoms with E-state index in [9.17, 15) is 9.59 Å². The fourth-order valence-electron chi connectivity index (χ4n) is 1.76. The van der Waals surface area contributed by atoms with Crippen LogP contribution in [-0.2, 0) is 14.3 Å². The number of hydrogen-bond acceptors (Lipinski definition) is 4. The summed E-state index contributed by atoms with van der Waals surface area (Å²) in [6.45, 7) is 12.2. The van der Waals surface area contributed by atoms with Gasteiger partial charge in [-0.1, -0.05) is 65.4 Å². The molecular formula is C21H42O4. The molecule has 0 aromatic heterocycles. The quantitative estimate of drug-likeness (QED) is 0.201. The van der Waals surface area contributed by atoms with Gasteiger partial charge >= 0.3 is 5.97 Å². The van der Waals surface area contributed by atoms with Crippen LogP contribution in [-0.4, -0.2) is 30.1 Å². The predicted octanol–water partition coefficient (Wildman–Crippen LogP) is 5.62. The summed E-state index contributed by atoms with van der Waals surface area (Å²) < 4.78 is 4.75. The van der Waals surface area contributed by atoms with Crippen molar-refractivity contribution in [2.45, 2.75) is 104 Å². The van der Waals surface area contributed by atoms with Gasteiger partial charge in [0.25, 0.3) is 0 Å². The normalized spacial score (nSPS) is 10.4. The minimum Gasteiger partial charge on any atom is -0.466 e. The van der Waals surface area contributed by atoms with Gasteiger partial charge in [-0.25, -0.2) is 0 Å². The van der Waals surface area contributed by atoms with E-state index in [1.54, 1.807) is 6.08 Å². The van der Waals surface area contributed by atoms with E-state index in [-0.39, 0.29) is 12.1 Å². The smallest absolute Gasteiger partial charge is 0.305 e. The Labute approximate surface area is 156 Å². The Morgan fingerprint density at radius 3 is 1.96 bits per heavy atom. The molecule has 4 heteroatoms. The summed E-state index contributed by atoms with van der Waals surface area (Å²) in [5, 5.41) is 8.97. The lowest BCUT2D eigenvalue weighted by atomic mass is 10.1. The van der Waals surface area contributed by atoms with Crippen molar-refractivity contribution >= 4 is 12.3 Å². The van der Waals surface area contributed by atoms with Crippen molar-refractivity contribution in [2.24, 2.45) is 0 Å². The Balaban J connectivity index is -0.000000300. The number of aliphatic hydroxyl groups is 1. The Bertz CT molecular complexity index is 277. The third-order valence-corrected chi connectivity index (χ3v) is 3.34. The van der Waals surface area contributed by atoms with E-state index in [0.29, 0.717) is 13.0 Å². The molecule has 0 aliphatic heterocycles. The first-order valence-electron chi connectivity index (χ1n) is 9.93. The average Bonchev–Trinajstić information content (AvgIpc) is 2.61. The molecule has 0 aliphatic carbocycles. The Hall–Kier alpha value is -1.16.